The van der Waals surface area contributed by atoms with Crippen LogP contribution in [0, 0.1) is 11.8 Å². The standard InChI is InChI=1S/C10H10O4/c1-9-3-4-10(2,14-9)6-5(9)7(11)13-8(6)12/h3-6H,1-2H3/t5-,6-,9+,10+/m1/s1. The number of carbonyl (C=O) groups excluding carboxylic acids is 2. The summed E-state index contributed by atoms with van der Waals surface area (Å²) in [5, 5.41) is 0. The smallest absolute Gasteiger partial charge is 0.320 e. The fourth-order valence-electron chi connectivity index (χ4n) is 2.84. The number of cyclic esters (lactones) is 2. The Balaban J connectivity index is 2.18. The lowest BCUT2D eigenvalue weighted by atomic mass is 9.73. The van der Waals surface area contributed by atoms with Crippen LogP contribution in [-0.4, -0.2) is 23.1 Å². The molecule has 4 atom stereocenters. The second-order valence-electron chi connectivity index (χ2n) is 4.50. The maximum Gasteiger partial charge on any atom is 0.320 e. The summed E-state index contributed by atoms with van der Waals surface area (Å²) in [5.41, 5.74) is -1.30. The summed E-state index contributed by atoms with van der Waals surface area (Å²) < 4.78 is 10.4. The molecule has 0 unspecified atom stereocenters. The normalized spacial score (nSPS) is 53.9. The average Bonchev–Trinajstić information content (AvgIpc) is 2.60. The SMILES string of the molecule is C[C@@]12C=C[C@](C)(O1)[C@H]1C(=O)OC(=O)[C@@H]12. The molecule has 0 radical (unpaired) electrons. The Bertz CT molecular complexity index is 352. The van der Waals surface area contributed by atoms with Crippen molar-refractivity contribution in [3.63, 3.8) is 0 Å². The second-order valence-corrected chi connectivity index (χ2v) is 4.50. The lowest BCUT2D eigenvalue weighted by Gasteiger charge is -2.20. The maximum absolute atomic E-state index is 11.4. The number of carbonyl (C=O) groups is 2. The Morgan fingerprint density at radius 2 is 1.50 bits per heavy atom. The van der Waals surface area contributed by atoms with Crippen LogP contribution in [0.25, 0.3) is 0 Å². The van der Waals surface area contributed by atoms with E-state index >= 15 is 0 Å². The average molecular weight is 194 g/mol. The number of hydrogen-bond donors (Lipinski definition) is 0. The lowest BCUT2D eigenvalue weighted by molar-refractivity contribution is -0.160. The van der Waals surface area contributed by atoms with E-state index in [2.05, 4.69) is 4.74 Å². The molecule has 0 spiro atoms. The number of rotatable bonds is 0. The van der Waals surface area contributed by atoms with Gasteiger partial charge >= 0.3 is 11.9 Å². The third-order valence-corrected chi connectivity index (χ3v) is 3.46. The molecule has 2 bridgehead atoms. The summed E-state index contributed by atoms with van der Waals surface area (Å²) in [7, 11) is 0. The first-order valence-corrected chi connectivity index (χ1v) is 4.62. The fraction of sp³-hybridized carbons (Fsp3) is 0.600. The van der Waals surface area contributed by atoms with Gasteiger partial charge in [-0.15, -0.1) is 0 Å². The molecular formula is C10H10O4. The first-order valence-electron chi connectivity index (χ1n) is 4.62. The molecule has 0 aromatic heterocycles. The van der Waals surface area contributed by atoms with Crippen molar-refractivity contribution in [3.8, 4) is 0 Å². The van der Waals surface area contributed by atoms with Crippen molar-refractivity contribution >= 4 is 11.9 Å². The minimum absolute atomic E-state index is 0.449. The van der Waals surface area contributed by atoms with Gasteiger partial charge in [0, 0.05) is 0 Å². The Hall–Kier alpha value is -1.16. The fourth-order valence-corrected chi connectivity index (χ4v) is 2.84. The van der Waals surface area contributed by atoms with Crippen LogP contribution in [-0.2, 0) is 19.1 Å². The van der Waals surface area contributed by atoms with E-state index in [1.165, 1.54) is 0 Å². The largest absolute Gasteiger partial charge is 0.393 e. The molecule has 0 aromatic carbocycles. The maximum atomic E-state index is 11.4. The van der Waals surface area contributed by atoms with E-state index in [0.29, 0.717) is 0 Å². The molecule has 0 saturated carbocycles. The van der Waals surface area contributed by atoms with Gasteiger partial charge in [0.15, 0.2) is 0 Å². The monoisotopic (exact) mass is 194 g/mol. The van der Waals surface area contributed by atoms with Crippen LogP contribution >= 0.6 is 0 Å². The van der Waals surface area contributed by atoms with Crippen molar-refractivity contribution < 1.29 is 19.1 Å². The molecule has 3 rings (SSSR count). The van der Waals surface area contributed by atoms with E-state index in [1.54, 1.807) is 0 Å². The van der Waals surface area contributed by atoms with Crippen molar-refractivity contribution in [1.82, 2.24) is 0 Å². The molecule has 14 heavy (non-hydrogen) atoms. The summed E-state index contributed by atoms with van der Waals surface area (Å²) in [6.45, 7) is 3.64. The predicted octanol–water partition coefficient (Wildman–Crippen LogP) is 0.420. The topological polar surface area (TPSA) is 52.6 Å². The molecule has 2 fully saturated rings. The summed E-state index contributed by atoms with van der Waals surface area (Å²) >= 11 is 0. The number of ether oxygens (including phenoxy) is 2. The van der Waals surface area contributed by atoms with Crippen LogP contribution in [0.15, 0.2) is 12.2 Å². The third-order valence-electron chi connectivity index (χ3n) is 3.46. The molecule has 3 heterocycles. The van der Waals surface area contributed by atoms with Gasteiger partial charge < -0.3 is 9.47 Å². The van der Waals surface area contributed by atoms with Gasteiger partial charge in [0.05, 0.1) is 11.2 Å². The summed E-state index contributed by atoms with van der Waals surface area (Å²) in [6, 6.07) is 0. The molecule has 0 aliphatic carbocycles. The molecule has 0 amide bonds. The van der Waals surface area contributed by atoms with Crippen LogP contribution in [0.3, 0.4) is 0 Å². The van der Waals surface area contributed by atoms with Crippen LogP contribution in [0.1, 0.15) is 13.8 Å². The number of fused-ring (bicyclic) bond motifs is 5. The Morgan fingerprint density at radius 3 is 1.93 bits per heavy atom. The zero-order valence-electron chi connectivity index (χ0n) is 7.94. The minimum atomic E-state index is -0.650. The van der Waals surface area contributed by atoms with Crippen LogP contribution in [0.5, 0.6) is 0 Å². The van der Waals surface area contributed by atoms with Gasteiger partial charge in [0.2, 0.25) is 0 Å². The van der Waals surface area contributed by atoms with Crippen molar-refractivity contribution in [1.29, 1.82) is 0 Å². The van der Waals surface area contributed by atoms with Crippen LogP contribution < -0.4 is 0 Å². The van der Waals surface area contributed by atoms with E-state index < -0.39 is 35.0 Å². The van der Waals surface area contributed by atoms with Gasteiger partial charge in [-0.25, -0.2) is 0 Å². The Labute approximate surface area is 80.9 Å². The highest BCUT2D eigenvalue weighted by Crippen LogP contribution is 2.56. The first-order chi connectivity index (χ1) is 6.46. The zero-order chi connectivity index (χ0) is 10.1. The number of hydrogen-bond acceptors (Lipinski definition) is 4. The van der Waals surface area contributed by atoms with Gasteiger partial charge in [-0.3, -0.25) is 9.59 Å². The molecule has 0 N–H and O–H groups in total. The highest BCUT2D eigenvalue weighted by molar-refractivity contribution is 5.99. The molecule has 4 heteroatoms. The molecule has 2 saturated heterocycles. The highest BCUT2D eigenvalue weighted by atomic mass is 16.6. The van der Waals surface area contributed by atoms with Crippen molar-refractivity contribution in [2.45, 2.75) is 25.0 Å². The summed E-state index contributed by atoms with van der Waals surface area (Å²) in [5.74, 6) is -1.80. The van der Waals surface area contributed by atoms with E-state index in [4.69, 9.17) is 4.74 Å². The van der Waals surface area contributed by atoms with Gasteiger partial charge in [0.1, 0.15) is 11.8 Å². The van der Waals surface area contributed by atoms with Crippen LogP contribution in [0.2, 0.25) is 0 Å². The van der Waals surface area contributed by atoms with Crippen LogP contribution in [0.4, 0.5) is 0 Å². The van der Waals surface area contributed by atoms with Gasteiger partial charge in [-0.05, 0) is 13.8 Å². The third kappa shape index (κ3) is 0.661. The predicted molar refractivity (Wildman–Crippen MR) is 45.1 cm³/mol. The zero-order valence-corrected chi connectivity index (χ0v) is 7.94. The summed E-state index contributed by atoms with van der Waals surface area (Å²) in [4.78, 5) is 22.9. The molecule has 0 aromatic rings. The van der Waals surface area contributed by atoms with Gasteiger partial charge in [0.25, 0.3) is 0 Å². The first kappa shape index (κ1) is 8.17. The lowest BCUT2D eigenvalue weighted by Crippen LogP contribution is -2.36. The molecular weight excluding hydrogens is 184 g/mol. The Kier molecular flexibility index (Phi) is 1.13. The Morgan fingerprint density at radius 1 is 1.07 bits per heavy atom. The van der Waals surface area contributed by atoms with Crippen molar-refractivity contribution in [3.05, 3.63) is 12.2 Å². The summed E-state index contributed by atoms with van der Waals surface area (Å²) in [6.07, 6.45) is 3.71. The minimum Gasteiger partial charge on any atom is -0.393 e. The van der Waals surface area contributed by atoms with E-state index in [0.717, 1.165) is 0 Å². The van der Waals surface area contributed by atoms with Gasteiger partial charge in [-0.2, -0.15) is 0 Å². The molecule has 74 valence electrons. The quantitative estimate of drug-likeness (QED) is 0.318. The van der Waals surface area contributed by atoms with Crippen molar-refractivity contribution in [2.75, 3.05) is 0 Å². The van der Waals surface area contributed by atoms with Crippen molar-refractivity contribution in [2.24, 2.45) is 11.8 Å². The molecule has 3 aliphatic rings. The van der Waals surface area contributed by atoms with Gasteiger partial charge in [-0.1, -0.05) is 12.2 Å². The van der Waals surface area contributed by atoms with E-state index in [-0.39, 0.29) is 0 Å². The molecule has 3 aliphatic heterocycles. The van der Waals surface area contributed by atoms with E-state index in [1.807, 2.05) is 26.0 Å². The second kappa shape index (κ2) is 1.93. The number of esters is 2. The highest BCUT2D eigenvalue weighted by Gasteiger charge is 2.69. The van der Waals surface area contributed by atoms with E-state index in [9.17, 15) is 9.59 Å². The molecule has 4 nitrogen and oxygen atoms in total.